The maximum absolute atomic E-state index is 12.3. The Balaban J connectivity index is 0.00000324. The Morgan fingerprint density at radius 3 is 2.26 bits per heavy atom. The van der Waals surface area contributed by atoms with Crippen molar-refractivity contribution in [3.8, 4) is 17.2 Å². The molecule has 4 rings (SSSR count). The molecule has 0 aliphatic heterocycles. The molecular formula is C24H19CdN5O4. The fourth-order valence-electron chi connectivity index (χ4n) is 3.39. The zero-order chi connectivity index (χ0) is 23.5. The summed E-state index contributed by atoms with van der Waals surface area (Å²) >= 11 is 0. The number of hydrogen-bond acceptors (Lipinski definition) is 6. The third kappa shape index (κ3) is 4.93. The van der Waals surface area contributed by atoms with Crippen LogP contribution in [0.25, 0.3) is 5.69 Å². The molecule has 1 heterocycles. The van der Waals surface area contributed by atoms with Gasteiger partial charge in [-0.05, 0) is 42.5 Å². The molecule has 4 aromatic rings. The first-order valence-corrected chi connectivity index (χ1v) is 10.0. The Morgan fingerprint density at radius 1 is 0.941 bits per heavy atom. The van der Waals surface area contributed by atoms with Gasteiger partial charge in [-0.25, -0.2) is 9.67 Å². The number of aromatic nitrogens is 2. The van der Waals surface area contributed by atoms with E-state index in [9.17, 15) is 20.3 Å². The topological polar surface area (TPSA) is 124 Å². The van der Waals surface area contributed by atoms with Crippen LogP contribution >= 0.6 is 0 Å². The minimum atomic E-state index is -0.718. The smallest absolute Gasteiger partial charge is 0.871 e. The summed E-state index contributed by atoms with van der Waals surface area (Å²) < 4.78 is 3.70. The van der Waals surface area contributed by atoms with Crippen LogP contribution < -0.4 is 15.7 Å². The van der Waals surface area contributed by atoms with Crippen molar-refractivity contribution in [2.75, 3.05) is 0 Å². The van der Waals surface area contributed by atoms with Gasteiger partial charge < -0.3 is 10.2 Å². The van der Waals surface area contributed by atoms with Gasteiger partial charge in [0.1, 0.15) is 5.69 Å². The van der Waals surface area contributed by atoms with E-state index >= 15 is 0 Å². The van der Waals surface area contributed by atoms with Crippen LogP contribution in [0, 0.1) is 17.0 Å². The second-order valence-corrected chi connectivity index (χ2v) is 7.25. The average Bonchev–Trinajstić information content (AvgIpc) is 3.03. The molecular weight excluding hydrogens is 535 g/mol. The van der Waals surface area contributed by atoms with Gasteiger partial charge in [0, 0.05) is 19.3 Å². The first-order valence-electron chi connectivity index (χ1n) is 10.0. The van der Waals surface area contributed by atoms with Crippen LogP contribution in [-0.2, 0) is 34.3 Å². The van der Waals surface area contributed by atoms with Crippen molar-refractivity contribution in [3.63, 3.8) is 0 Å². The van der Waals surface area contributed by atoms with Crippen LogP contribution in [0.15, 0.2) is 82.8 Å². The van der Waals surface area contributed by atoms with Crippen molar-refractivity contribution in [3.05, 3.63) is 99.7 Å². The number of nitro benzene ring substituents is 1. The fraction of sp³-hybridized carbons (Fsp3) is 0.0833. The van der Waals surface area contributed by atoms with Crippen LogP contribution in [0.2, 0.25) is 0 Å². The molecule has 166 valence electrons. The number of rotatable bonds is 5. The van der Waals surface area contributed by atoms with Gasteiger partial charge in [0.25, 0.3) is 5.69 Å². The van der Waals surface area contributed by atoms with Crippen LogP contribution in [0.4, 0.5) is 17.1 Å². The van der Waals surface area contributed by atoms with Crippen LogP contribution in [-0.4, -0.2) is 20.5 Å². The van der Waals surface area contributed by atoms with Crippen LogP contribution in [0.3, 0.4) is 0 Å². The maximum atomic E-state index is 12.3. The molecule has 0 atom stereocenters. The standard InChI is InChI=1S/C24H21N5O4.Cd/c1-16-23(25-15-17-12-13-20(29(32)33)22(31)14-17)24(26-19-10-6-7-11-21(19)30)28(27(16)2)18-8-4-3-5-9-18;/h3-15,30-31H,1-2H3;/q;+2/p-2. The molecule has 0 N–H and O–H groups in total. The third-order valence-electron chi connectivity index (χ3n) is 5.16. The molecule has 34 heavy (non-hydrogen) atoms. The van der Waals surface area contributed by atoms with E-state index in [-0.39, 0.29) is 38.7 Å². The number of nitro groups is 1. The largest absolute Gasteiger partial charge is 2.00 e. The van der Waals surface area contributed by atoms with E-state index in [1.165, 1.54) is 18.3 Å². The van der Waals surface area contributed by atoms with Gasteiger partial charge in [-0.3, -0.25) is 19.8 Å². The molecule has 3 aromatic carbocycles. The van der Waals surface area contributed by atoms with Gasteiger partial charge in [-0.2, -0.15) is 0 Å². The van der Waals surface area contributed by atoms with E-state index in [4.69, 9.17) is 0 Å². The van der Waals surface area contributed by atoms with Crippen molar-refractivity contribution < 1.29 is 42.4 Å². The minimum Gasteiger partial charge on any atom is -0.871 e. The van der Waals surface area contributed by atoms with E-state index in [2.05, 4.69) is 9.98 Å². The first kappa shape index (κ1) is 24.9. The second kappa shape index (κ2) is 10.5. The Hall–Kier alpha value is -3.74. The number of nitrogens with zero attached hydrogens (tertiary/aromatic N) is 5. The molecule has 9 nitrogen and oxygen atoms in total. The molecule has 0 aliphatic carbocycles. The Morgan fingerprint density at radius 2 is 1.62 bits per heavy atom. The van der Waals surface area contributed by atoms with E-state index in [0.29, 0.717) is 16.7 Å². The molecule has 0 bridgehead atoms. The van der Waals surface area contributed by atoms with Crippen LogP contribution in [0.1, 0.15) is 11.3 Å². The van der Waals surface area contributed by atoms with Gasteiger partial charge in [-0.15, -0.1) is 0 Å². The molecule has 1 aromatic heterocycles. The van der Waals surface area contributed by atoms with Gasteiger partial charge in [0.15, 0.2) is 5.49 Å². The van der Waals surface area contributed by atoms with Gasteiger partial charge in [0.2, 0.25) is 0 Å². The van der Waals surface area contributed by atoms with Crippen molar-refractivity contribution in [1.29, 1.82) is 0 Å². The summed E-state index contributed by atoms with van der Waals surface area (Å²) in [6, 6.07) is 19.7. The SMILES string of the molecule is Cc1c(N=Cc2ccc([N+](=O)[O-])c([O-])c2)c(=Nc2ccccc2[O-])n(-c2ccccc2)n1C.[Cd+2]. The van der Waals surface area contributed by atoms with E-state index in [1.54, 1.807) is 18.2 Å². The molecule has 0 aliphatic rings. The van der Waals surface area contributed by atoms with Crippen molar-refractivity contribution in [2.24, 2.45) is 17.0 Å². The Kier molecular flexibility index (Phi) is 7.66. The summed E-state index contributed by atoms with van der Waals surface area (Å²) in [5, 5.41) is 35.2. The zero-order valence-electron chi connectivity index (χ0n) is 18.6. The molecule has 0 radical (unpaired) electrons. The molecule has 0 fully saturated rings. The summed E-state index contributed by atoms with van der Waals surface area (Å²) in [6.07, 6.45) is 1.45. The minimum absolute atomic E-state index is 0. The van der Waals surface area contributed by atoms with Gasteiger partial charge in [-0.1, -0.05) is 48.2 Å². The van der Waals surface area contributed by atoms with E-state index < -0.39 is 16.4 Å². The first-order chi connectivity index (χ1) is 15.9. The van der Waals surface area contributed by atoms with Gasteiger partial charge >= 0.3 is 27.3 Å². The Bertz CT molecular complexity index is 1440. The quantitative estimate of drug-likeness (QED) is 0.163. The predicted octanol–water partition coefficient (Wildman–Crippen LogP) is 3.16. The molecule has 0 saturated heterocycles. The third-order valence-corrected chi connectivity index (χ3v) is 5.16. The van der Waals surface area contributed by atoms with E-state index in [1.807, 2.05) is 53.7 Å². The average molecular weight is 554 g/mol. The fourth-order valence-corrected chi connectivity index (χ4v) is 3.39. The molecule has 0 spiro atoms. The van der Waals surface area contributed by atoms with Gasteiger partial charge in [0.05, 0.1) is 22.0 Å². The zero-order valence-corrected chi connectivity index (χ0v) is 22.6. The van der Waals surface area contributed by atoms with Crippen molar-refractivity contribution >= 4 is 23.3 Å². The maximum Gasteiger partial charge on any atom is 2.00 e. The number of hydrogen-bond donors (Lipinski definition) is 0. The Labute approximate surface area is 215 Å². The molecule has 0 saturated carbocycles. The summed E-state index contributed by atoms with van der Waals surface area (Å²) in [5.41, 5.74) is 2.70. The number of para-hydroxylation sites is 3. The number of benzene rings is 3. The number of aliphatic imine (C=N–C) groups is 1. The summed E-state index contributed by atoms with van der Waals surface area (Å²) in [4.78, 5) is 19.4. The normalized spacial score (nSPS) is 11.5. The van der Waals surface area contributed by atoms with E-state index in [0.717, 1.165) is 23.5 Å². The van der Waals surface area contributed by atoms with Crippen LogP contribution in [0.5, 0.6) is 11.5 Å². The summed E-state index contributed by atoms with van der Waals surface area (Å²) in [5.74, 6) is -0.918. The molecule has 0 unspecified atom stereocenters. The van der Waals surface area contributed by atoms with Crippen molar-refractivity contribution in [1.82, 2.24) is 9.36 Å². The molecule has 10 heteroatoms. The second-order valence-electron chi connectivity index (χ2n) is 7.25. The summed E-state index contributed by atoms with van der Waals surface area (Å²) in [6.45, 7) is 1.86. The monoisotopic (exact) mass is 555 g/mol. The van der Waals surface area contributed by atoms with Crippen molar-refractivity contribution in [2.45, 2.75) is 6.92 Å². The predicted molar refractivity (Wildman–Crippen MR) is 120 cm³/mol. The summed E-state index contributed by atoms with van der Waals surface area (Å²) in [7, 11) is 1.85. The molecule has 0 amide bonds.